The van der Waals surface area contributed by atoms with E-state index in [1.54, 1.807) is 48.5 Å². The summed E-state index contributed by atoms with van der Waals surface area (Å²) in [6, 6.07) is 16.8. The van der Waals surface area contributed by atoms with E-state index in [4.69, 9.17) is 23.2 Å². The molecule has 0 radical (unpaired) electrons. The molecule has 0 aromatic heterocycles. The zero-order chi connectivity index (χ0) is 30.5. The minimum Gasteiger partial charge on any atom is -0.350 e. The van der Waals surface area contributed by atoms with Crippen LogP contribution in [0.3, 0.4) is 0 Å². The molecular weight excluding hydrogens is 588 g/mol. The number of fused-ring (bicyclic) bond motifs is 3. The lowest BCUT2D eigenvalue weighted by molar-refractivity contribution is -0.126. The number of anilines is 2. The van der Waals surface area contributed by atoms with Crippen molar-refractivity contribution in [2.45, 2.75) is 69.7 Å². The smallest absolute Gasteiger partial charge is 0.251 e. The van der Waals surface area contributed by atoms with Crippen LogP contribution >= 0.6 is 23.2 Å². The summed E-state index contributed by atoms with van der Waals surface area (Å²) in [5, 5.41) is 9.37. The van der Waals surface area contributed by atoms with Crippen LogP contribution in [-0.4, -0.2) is 23.8 Å². The first-order valence-electron chi connectivity index (χ1n) is 14.8. The van der Waals surface area contributed by atoms with Gasteiger partial charge in [0.15, 0.2) is 0 Å². The number of benzene rings is 3. The largest absolute Gasteiger partial charge is 0.350 e. The van der Waals surface area contributed by atoms with Crippen molar-refractivity contribution >= 4 is 52.3 Å². The molecule has 9 heteroatoms. The molecule has 6 nitrogen and oxygen atoms in total. The Balaban J connectivity index is 1.47. The topological polar surface area (TPSA) is 87.3 Å². The highest BCUT2D eigenvalue weighted by Crippen LogP contribution is 2.71. The van der Waals surface area contributed by atoms with Crippen molar-refractivity contribution in [2.75, 3.05) is 10.6 Å². The Labute approximate surface area is 260 Å². The van der Waals surface area contributed by atoms with Crippen molar-refractivity contribution in [2.24, 2.45) is 11.3 Å². The van der Waals surface area contributed by atoms with Crippen LogP contribution in [-0.2, 0) is 15.0 Å². The quantitative estimate of drug-likeness (QED) is 0.271. The number of hydrogen-bond acceptors (Lipinski definition) is 3. The van der Waals surface area contributed by atoms with E-state index < -0.39 is 28.5 Å². The van der Waals surface area contributed by atoms with Crippen LogP contribution in [0.2, 0.25) is 10.0 Å². The zero-order valence-electron chi connectivity index (χ0n) is 24.1. The van der Waals surface area contributed by atoms with Crippen molar-refractivity contribution in [3.63, 3.8) is 0 Å². The monoisotopic (exact) mass is 621 g/mol. The first kappa shape index (κ1) is 29.6. The molecule has 0 bridgehead atoms. The SMILES string of the molecule is CC(C)NC(=O)c1ccc(NC(=O)[C@@H]2CC3(CCCCC3)[C@@]3(C(=O)Nc4cc(Cl)ccc43)[C@H]2c2cccc(Cl)c2F)cc1. The van der Waals surface area contributed by atoms with E-state index >= 15 is 4.39 Å². The van der Waals surface area contributed by atoms with Gasteiger partial charge in [-0.3, -0.25) is 14.4 Å². The highest BCUT2D eigenvalue weighted by Gasteiger charge is 2.72. The summed E-state index contributed by atoms with van der Waals surface area (Å²) in [5.41, 5.74) is 0.834. The molecule has 2 aliphatic carbocycles. The maximum atomic E-state index is 16.0. The maximum Gasteiger partial charge on any atom is 0.251 e. The molecule has 3 aliphatic rings. The molecule has 2 fully saturated rings. The summed E-state index contributed by atoms with van der Waals surface area (Å²) < 4.78 is 16.0. The third-order valence-corrected chi connectivity index (χ3v) is 10.2. The summed E-state index contributed by atoms with van der Waals surface area (Å²) >= 11 is 12.7. The average molecular weight is 623 g/mol. The van der Waals surface area contributed by atoms with Gasteiger partial charge >= 0.3 is 0 Å². The van der Waals surface area contributed by atoms with Crippen molar-refractivity contribution in [1.29, 1.82) is 0 Å². The lowest BCUT2D eigenvalue weighted by atomic mass is 9.53. The molecule has 3 aromatic rings. The minimum atomic E-state index is -1.19. The molecular formula is C34H34Cl2FN3O3. The van der Waals surface area contributed by atoms with Gasteiger partial charge in [0.25, 0.3) is 5.91 Å². The van der Waals surface area contributed by atoms with Crippen molar-refractivity contribution in [1.82, 2.24) is 5.32 Å². The molecule has 3 atom stereocenters. The van der Waals surface area contributed by atoms with E-state index in [9.17, 15) is 14.4 Å². The number of nitrogens with one attached hydrogen (secondary N) is 3. The predicted molar refractivity (Wildman–Crippen MR) is 167 cm³/mol. The first-order valence-corrected chi connectivity index (χ1v) is 15.6. The van der Waals surface area contributed by atoms with E-state index in [2.05, 4.69) is 16.0 Å². The molecule has 0 unspecified atom stereocenters. The van der Waals surface area contributed by atoms with Gasteiger partial charge in [0.1, 0.15) is 5.82 Å². The number of hydrogen-bond donors (Lipinski definition) is 3. The van der Waals surface area contributed by atoms with E-state index in [0.29, 0.717) is 28.4 Å². The van der Waals surface area contributed by atoms with Crippen molar-refractivity contribution in [3.05, 3.63) is 93.2 Å². The molecule has 3 amide bonds. The summed E-state index contributed by atoms with van der Waals surface area (Å²) in [7, 11) is 0. The number of amides is 3. The lowest BCUT2D eigenvalue weighted by Crippen LogP contribution is -2.51. The summed E-state index contributed by atoms with van der Waals surface area (Å²) in [5.74, 6) is -2.90. The highest BCUT2D eigenvalue weighted by molar-refractivity contribution is 6.31. The Morgan fingerprint density at radius 1 is 1.00 bits per heavy atom. The molecule has 3 aromatic carbocycles. The average Bonchev–Trinajstić information content (AvgIpc) is 3.42. The first-order chi connectivity index (χ1) is 20.6. The lowest BCUT2D eigenvalue weighted by Gasteiger charge is -2.47. The number of halogens is 3. The van der Waals surface area contributed by atoms with Gasteiger partial charge in [0, 0.05) is 39.8 Å². The fourth-order valence-corrected chi connectivity index (χ4v) is 8.39. The van der Waals surface area contributed by atoms with Crippen LogP contribution in [0.1, 0.15) is 79.8 Å². The number of carbonyl (C=O) groups is 3. The standard InChI is InChI=1S/C34H34Cl2FN3O3/c1-19(2)38-30(41)20-9-12-22(13-10-20)39-31(42)24-18-33(15-4-3-5-16-33)34(28(24)23-7-6-8-26(36)29(23)37)25-14-11-21(35)17-27(25)40-32(34)43/h6-14,17,19,24,28H,3-5,15-16,18H2,1-2H3,(H,38,41)(H,39,42)(H,40,43)/t24-,28+,34-/m1/s1. The third-order valence-electron chi connectivity index (χ3n) is 9.63. The van der Waals surface area contributed by atoms with Gasteiger partial charge in [-0.25, -0.2) is 4.39 Å². The molecule has 43 heavy (non-hydrogen) atoms. The third kappa shape index (κ3) is 4.81. The molecule has 1 heterocycles. The Kier molecular flexibility index (Phi) is 7.76. The molecule has 3 N–H and O–H groups in total. The van der Waals surface area contributed by atoms with Crippen molar-refractivity contribution < 1.29 is 18.8 Å². The van der Waals surface area contributed by atoms with E-state index in [1.165, 1.54) is 6.07 Å². The Bertz CT molecular complexity index is 1600. The second-order valence-electron chi connectivity index (χ2n) is 12.4. The van der Waals surface area contributed by atoms with Gasteiger partial charge < -0.3 is 16.0 Å². The molecule has 6 rings (SSSR count). The van der Waals surface area contributed by atoms with E-state index in [0.717, 1.165) is 37.7 Å². The van der Waals surface area contributed by atoms with Crippen LogP contribution in [0.25, 0.3) is 0 Å². The fraction of sp³-hybridized carbons (Fsp3) is 0.382. The van der Waals surface area contributed by atoms with Crippen LogP contribution in [0.15, 0.2) is 60.7 Å². The molecule has 2 saturated carbocycles. The van der Waals surface area contributed by atoms with Crippen LogP contribution < -0.4 is 16.0 Å². The van der Waals surface area contributed by atoms with Gasteiger partial charge in [-0.05, 0) is 92.1 Å². The van der Waals surface area contributed by atoms with Crippen molar-refractivity contribution in [3.8, 4) is 0 Å². The van der Waals surface area contributed by atoms with Crippen LogP contribution in [0.5, 0.6) is 0 Å². The molecule has 224 valence electrons. The number of carbonyl (C=O) groups excluding carboxylic acids is 3. The van der Waals surface area contributed by atoms with E-state index in [-0.39, 0.29) is 34.3 Å². The van der Waals surface area contributed by atoms with Crippen LogP contribution in [0.4, 0.5) is 15.8 Å². The Morgan fingerprint density at radius 2 is 1.72 bits per heavy atom. The van der Waals surface area contributed by atoms with Gasteiger partial charge in [-0.2, -0.15) is 0 Å². The van der Waals surface area contributed by atoms with Gasteiger partial charge in [0.2, 0.25) is 11.8 Å². The normalized spacial score (nSPS) is 23.8. The molecule has 1 aliphatic heterocycles. The highest BCUT2D eigenvalue weighted by atomic mass is 35.5. The van der Waals surface area contributed by atoms with E-state index in [1.807, 2.05) is 19.9 Å². The number of rotatable bonds is 5. The summed E-state index contributed by atoms with van der Waals surface area (Å²) in [6.45, 7) is 3.77. The van der Waals surface area contributed by atoms with Gasteiger partial charge in [-0.1, -0.05) is 60.7 Å². The summed E-state index contributed by atoms with van der Waals surface area (Å²) in [6.07, 6.45) is 4.76. The predicted octanol–water partition coefficient (Wildman–Crippen LogP) is 7.85. The molecule has 0 saturated heterocycles. The zero-order valence-corrected chi connectivity index (χ0v) is 25.6. The Morgan fingerprint density at radius 3 is 2.42 bits per heavy atom. The minimum absolute atomic E-state index is 0.00793. The fourth-order valence-electron chi connectivity index (χ4n) is 8.04. The van der Waals surface area contributed by atoms with Crippen LogP contribution in [0, 0.1) is 17.2 Å². The summed E-state index contributed by atoms with van der Waals surface area (Å²) in [4.78, 5) is 41.2. The Hall–Kier alpha value is -3.42. The maximum absolute atomic E-state index is 16.0. The second-order valence-corrected chi connectivity index (χ2v) is 13.3. The molecule has 2 spiro atoms. The van der Waals surface area contributed by atoms with Gasteiger partial charge in [-0.15, -0.1) is 0 Å². The second kappa shape index (κ2) is 11.3. The van der Waals surface area contributed by atoms with Gasteiger partial charge in [0.05, 0.1) is 10.4 Å².